The van der Waals surface area contributed by atoms with Crippen LogP contribution in [0.15, 0.2) is 36.4 Å². The largest absolute Gasteiger partial charge is 0.328 e. The zero-order valence-electron chi connectivity index (χ0n) is 13.4. The number of nitrogens with one attached hydrogen (secondary N) is 1. The average Bonchev–Trinajstić information content (AvgIpc) is 3.26. The maximum Gasteiger partial charge on any atom is 0.276 e. The Labute approximate surface area is 152 Å². The van der Waals surface area contributed by atoms with Crippen LogP contribution in [0.4, 0.5) is 0 Å². The van der Waals surface area contributed by atoms with E-state index in [4.69, 9.17) is 0 Å². The van der Waals surface area contributed by atoms with Crippen molar-refractivity contribution in [2.75, 3.05) is 19.6 Å². The highest BCUT2D eigenvalue weighted by atomic mass is 35.5. The molecular formula is C16H22ClN5OS. The normalized spacial score (nSPS) is 14.8. The first-order valence-corrected chi connectivity index (χ1v) is 8.71. The molecule has 2 aromatic heterocycles. The lowest BCUT2D eigenvalue weighted by atomic mass is 10.1. The lowest BCUT2D eigenvalue weighted by Crippen LogP contribution is -2.31. The summed E-state index contributed by atoms with van der Waals surface area (Å²) in [6.07, 6.45) is 5.55. The maximum absolute atomic E-state index is 12.7. The second-order valence-electron chi connectivity index (χ2n) is 5.62. The Morgan fingerprint density at radius 3 is 2.96 bits per heavy atom. The van der Waals surface area contributed by atoms with Crippen LogP contribution in [-0.4, -0.2) is 45.4 Å². The fourth-order valence-electron chi connectivity index (χ4n) is 2.75. The smallest absolute Gasteiger partial charge is 0.276 e. The predicted molar refractivity (Wildman–Crippen MR) is 97.7 cm³/mol. The number of carbonyl (C=O) groups excluding carboxylic acids is 1. The number of hydrogen-bond donors (Lipinski definition) is 1. The monoisotopic (exact) mass is 367 g/mol. The Morgan fingerprint density at radius 2 is 2.29 bits per heavy atom. The highest BCUT2D eigenvalue weighted by Crippen LogP contribution is 2.18. The molecule has 3 rings (SSSR count). The molecule has 0 radical (unpaired) electrons. The van der Waals surface area contributed by atoms with Gasteiger partial charge in [-0.1, -0.05) is 17.4 Å². The number of rotatable bonds is 6. The van der Waals surface area contributed by atoms with E-state index in [0.717, 1.165) is 30.8 Å². The zero-order chi connectivity index (χ0) is 16.1. The molecule has 3 heterocycles. The molecule has 1 fully saturated rings. The van der Waals surface area contributed by atoms with Crippen molar-refractivity contribution in [2.45, 2.75) is 25.4 Å². The van der Waals surface area contributed by atoms with Crippen LogP contribution in [0.1, 0.15) is 34.2 Å². The molecule has 0 aliphatic carbocycles. The molecule has 0 unspecified atom stereocenters. The number of piperidine rings is 1. The summed E-state index contributed by atoms with van der Waals surface area (Å²) in [4.78, 5) is 15.6. The lowest BCUT2D eigenvalue weighted by molar-refractivity contribution is 0.0758. The van der Waals surface area contributed by atoms with Gasteiger partial charge in [0.2, 0.25) is 0 Å². The van der Waals surface area contributed by atoms with Gasteiger partial charge in [-0.15, -0.1) is 35.4 Å². The van der Waals surface area contributed by atoms with Gasteiger partial charge in [0.1, 0.15) is 0 Å². The molecule has 1 N–H and O–H groups in total. The third-order valence-electron chi connectivity index (χ3n) is 3.98. The van der Waals surface area contributed by atoms with E-state index < -0.39 is 0 Å². The van der Waals surface area contributed by atoms with Gasteiger partial charge in [-0.25, -0.2) is 4.68 Å². The van der Waals surface area contributed by atoms with Crippen LogP contribution >= 0.6 is 23.7 Å². The van der Waals surface area contributed by atoms with Gasteiger partial charge < -0.3 is 10.2 Å². The number of carbonyl (C=O) groups is 1. The van der Waals surface area contributed by atoms with Gasteiger partial charge in [0.25, 0.3) is 5.91 Å². The van der Waals surface area contributed by atoms with Crippen molar-refractivity contribution in [2.24, 2.45) is 0 Å². The average molecular weight is 368 g/mol. The topological polar surface area (TPSA) is 63.1 Å². The molecule has 24 heavy (non-hydrogen) atoms. The summed E-state index contributed by atoms with van der Waals surface area (Å²) in [5.41, 5.74) is 0.405. The van der Waals surface area contributed by atoms with Gasteiger partial charge in [-0.3, -0.25) is 4.79 Å². The molecule has 130 valence electrons. The van der Waals surface area contributed by atoms with Crippen LogP contribution in [0.5, 0.6) is 0 Å². The summed E-state index contributed by atoms with van der Waals surface area (Å²) in [5.74, 6) is -0.0986. The Morgan fingerprint density at radius 1 is 1.50 bits per heavy atom. The molecule has 0 spiro atoms. The van der Waals surface area contributed by atoms with E-state index in [2.05, 4.69) is 22.2 Å². The first-order valence-electron chi connectivity index (χ1n) is 7.83. The summed E-state index contributed by atoms with van der Waals surface area (Å²) in [6.45, 7) is 6.78. The predicted octanol–water partition coefficient (Wildman–Crippen LogP) is 2.51. The van der Waals surface area contributed by atoms with Gasteiger partial charge in [0, 0.05) is 11.4 Å². The van der Waals surface area contributed by atoms with Crippen molar-refractivity contribution in [3.05, 3.63) is 46.9 Å². The highest BCUT2D eigenvalue weighted by molar-refractivity contribution is 7.09. The van der Waals surface area contributed by atoms with Gasteiger partial charge >= 0.3 is 0 Å². The lowest BCUT2D eigenvalue weighted by Gasteiger charge is -2.22. The van der Waals surface area contributed by atoms with Crippen molar-refractivity contribution in [1.82, 2.24) is 25.2 Å². The SMILES string of the molecule is C=CCN(Cc1cccs1)C(=O)c1cn(C2CCNCC2)nn1.Cl. The molecule has 1 saturated heterocycles. The maximum atomic E-state index is 12.7. The van der Waals surface area contributed by atoms with Crippen molar-refractivity contribution < 1.29 is 4.79 Å². The Kier molecular flexibility index (Phi) is 6.96. The highest BCUT2D eigenvalue weighted by Gasteiger charge is 2.22. The fraction of sp³-hybridized carbons (Fsp3) is 0.438. The molecule has 1 amide bonds. The van der Waals surface area contributed by atoms with Gasteiger partial charge in [-0.05, 0) is 37.4 Å². The molecule has 1 aliphatic rings. The van der Waals surface area contributed by atoms with E-state index in [1.807, 2.05) is 22.2 Å². The number of aromatic nitrogens is 3. The molecule has 1 aliphatic heterocycles. The van der Waals surface area contributed by atoms with Gasteiger partial charge in [0.05, 0.1) is 18.8 Å². The minimum absolute atomic E-state index is 0. The van der Waals surface area contributed by atoms with E-state index in [-0.39, 0.29) is 18.3 Å². The van der Waals surface area contributed by atoms with Gasteiger partial charge in [0.15, 0.2) is 5.69 Å². The number of amides is 1. The van der Waals surface area contributed by atoms with E-state index in [1.165, 1.54) is 0 Å². The summed E-state index contributed by atoms with van der Waals surface area (Å²) >= 11 is 1.64. The van der Waals surface area contributed by atoms with Crippen molar-refractivity contribution >= 4 is 29.7 Å². The molecular weight excluding hydrogens is 346 g/mol. The van der Waals surface area contributed by atoms with Crippen LogP contribution in [-0.2, 0) is 6.54 Å². The number of halogens is 1. The Hall–Kier alpha value is -1.70. The summed E-state index contributed by atoms with van der Waals surface area (Å²) in [7, 11) is 0. The second-order valence-corrected chi connectivity index (χ2v) is 6.65. The third kappa shape index (κ3) is 4.43. The fourth-order valence-corrected chi connectivity index (χ4v) is 3.47. The van der Waals surface area contributed by atoms with E-state index in [9.17, 15) is 4.79 Å². The molecule has 2 aromatic rings. The molecule has 0 saturated carbocycles. The molecule has 0 atom stereocenters. The number of thiophene rings is 1. The quantitative estimate of drug-likeness (QED) is 0.797. The van der Waals surface area contributed by atoms with Crippen LogP contribution in [0.2, 0.25) is 0 Å². The van der Waals surface area contributed by atoms with Crippen LogP contribution in [0.3, 0.4) is 0 Å². The molecule has 0 bridgehead atoms. The van der Waals surface area contributed by atoms with Crippen LogP contribution in [0.25, 0.3) is 0 Å². The Balaban J connectivity index is 0.00000208. The molecule has 6 nitrogen and oxygen atoms in total. The first kappa shape index (κ1) is 18.6. The second kappa shape index (κ2) is 8.96. The number of nitrogens with zero attached hydrogens (tertiary/aromatic N) is 4. The molecule has 8 heteroatoms. The molecule has 0 aromatic carbocycles. The summed E-state index contributed by atoms with van der Waals surface area (Å²) in [5, 5.41) is 13.6. The van der Waals surface area contributed by atoms with E-state index >= 15 is 0 Å². The minimum Gasteiger partial charge on any atom is -0.328 e. The number of hydrogen-bond acceptors (Lipinski definition) is 5. The van der Waals surface area contributed by atoms with E-state index in [0.29, 0.717) is 24.8 Å². The van der Waals surface area contributed by atoms with Crippen molar-refractivity contribution in [3.63, 3.8) is 0 Å². The van der Waals surface area contributed by atoms with Crippen LogP contribution < -0.4 is 5.32 Å². The summed E-state index contributed by atoms with van der Waals surface area (Å²) in [6, 6.07) is 4.35. The van der Waals surface area contributed by atoms with Gasteiger partial charge in [-0.2, -0.15) is 0 Å². The van der Waals surface area contributed by atoms with E-state index in [1.54, 1.807) is 28.5 Å². The Bertz CT molecular complexity index is 651. The first-order chi connectivity index (χ1) is 11.3. The third-order valence-corrected chi connectivity index (χ3v) is 4.84. The zero-order valence-corrected chi connectivity index (χ0v) is 15.1. The standard InChI is InChI=1S/C16H21N5OS.ClH/c1-2-9-20(11-14-4-3-10-23-14)16(22)15-12-21(19-18-15)13-5-7-17-8-6-13;/h2-4,10,12-13,17H,1,5-9,11H2;1H. The van der Waals surface area contributed by atoms with Crippen molar-refractivity contribution in [3.8, 4) is 0 Å². The summed E-state index contributed by atoms with van der Waals surface area (Å²) < 4.78 is 1.84. The van der Waals surface area contributed by atoms with Crippen molar-refractivity contribution in [1.29, 1.82) is 0 Å². The minimum atomic E-state index is -0.0986. The van der Waals surface area contributed by atoms with Crippen LogP contribution in [0, 0.1) is 0 Å².